The van der Waals surface area contributed by atoms with Crippen molar-refractivity contribution in [2.24, 2.45) is 4.99 Å². The Bertz CT molecular complexity index is 1450. The van der Waals surface area contributed by atoms with Crippen LogP contribution in [0.25, 0.3) is 6.08 Å². The summed E-state index contributed by atoms with van der Waals surface area (Å²) in [5.74, 6) is 0.584. The Balaban J connectivity index is 1.96. The zero-order valence-corrected chi connectivity index (χ0v) is 20.0. The van der Waals surface area contributed by atoms with E-state index in [0.29, 0.717) is 37.1 Å². The van der Waals surface area contributed by atoms with E-state index in [4.69, 9.17) is 25.8 Å². The highest BCUT2D eigenvalue weighted by Gasteiger charge is 2.34. The number of fused-ring (bicyclic) bond motifs is 1. The van der Waals surface area contributed by atoms with Gasteiger partial charge in [-0.3, -0.25) is 9.36 Å². The van der Waals surface area contributed by atoms with Crippen molar-refractivity contribution in [2.75, 3.05) is 21.3 Å². The number of carbonyl (C=O) groups excluding carboxylic acids is 1. The van der Waals surface area contributed by atoms with Gasteiger partial charge in [-0.25, -0.2) is 9.79 Å². The largest absolute Gasteiger partial charge is 0.493 e. The zero-order valence-electron chi connectivity index (χ0n) is 18.4. The molecule has 2 heterocycles. The summed E-state index contributed by atoms with van der Waals surface area (Å²) in [7, 11) is 4.41. The third-order valence-electron chi connectivity index (χ3n) is 5.33. The highest BCUT2D eigenvalue weighted by atomic mass is 35.5. The smallest absolute Gasteiger partial charge is 0.338 e. The molecule has 1 atom stereocenters. The SMILES string of the molecule is COC(=O)C1=C(C)N=c2s/c(=C\c3ccc(OC)c(OC)c3)c(=O)n2[C@H]1c1ccccc1Cl. The molecule has 1 aromatic heterocycles. The van der Waals surface area contributed by atoms with Crippen LogP contribution in [0.4, 0.5) is 0 Å². The predicted molar refractivity (Wildman–Crippen MR) is 127 cm³/mol. The molecule has 0 aliphatic carbocycles. The fraction of sp³-hybridized carbons (Fsp3) is 0.208. The van der Waals surface area contributed by atoms with Crippen LogP contribution in [0, 0.1) is 0 Å². The first-order chi connectivity index (χ1) is 15.9. The van der Waals surface area contributed by atoms with Crippen LogP contribution in [0.1, 0.15) is 24.1 Å². The normalized spacial score (nSPS) is 15.7. The summed E-state index contributed by atoms with van der Waals surface area (Å²) in [6, 6.07) is 11.7. The molecule has 0 saturated heterocycles. The predicted octanol–water partition coefficient (Wildman–Crippen LogP) is 3.08. The minimum Gasteiger partial charge on any atom is -0.493 e. The topological polar surface area (TPSA) is 79.1 Å². The monoisotopic (exact) mass is 484 g/mol. The first-order valence-corrected chi connectivity index (χ1v) is 11.2. The van der Waals surface area contributed by atoms with Crippen molar-refractivity contribution in [3.8, 4) is 11.5 Å². The summed E-state index contributed by atoms with van der Waals surface area (Å²) in [6.07, 6.45) is 1.76. The Labute approximate surface area is 198 Å². The van der Waals surface area contributed by atoms with Gasteiger partial charge in [0, 0.05) is 5.02 Å². The molecule has 33 heavy (non-hydrogen) atoms. The second-order valence-corrected chi connectivity index (χ2v) is 8.63. The Morgan fingerprint density at radius 3 is 2.52 bits per heavy atom. The zero-order chi connectivity index (χ0) is 23.7. The number of halogens is 1. The summed E-state index contributed by atoms with van der Waals surface area (Å²) in [5, 5.41) is 0.438. The van der Waals surface area contributed by atoms with E-state index < -0.39 is 12.0 Å². The Morgan fingerprint density at radius 2 is 1.85 bits per heavy atom. The van der Waals surface area contributed by atoms with Crippen LogP contribution in [0.5, 0.6) is 11.5 Å². The summed E-state index contributed by atoms with van der Waals surface area (Å²) in [4.78, 5) is 31.3. The second kappa shape index (κ2) is 9.25. The van der Waals surface area contributed by atoms with Crippen molar-refractivity contribution in [2.45, 2.75) is 13.0 Å². The van der Waals surface area contributed by atoms with E-state index in [-0.39, 0.29) is 11.1 Å². The number of ether oxygens (including phenoxy) is 3. The van der Waals surface area contributed by atoms with Gasteiger partial charge in [-0.2, -0.15) is 0 Å². The second-order valence-electron chi connectivity index (χ2n) is 7.21. The molecule has 2 aromatic carbocycles. The lowest BCUT2D eigenvalue weighted by molar-refractivity contribution is -0.136. The molecule has 7 nitrogen and oxygen atoms in total. The van der Waals surface area contributed by atoms with Crippen LogP contribution in [0.2, 0.25) is 5.02 Å². The molecule has 0 spiro atoms. The lowest BCUT2D eigenvalue weighted by Crippen LogP contribution is -2.39. The van der Waals surface area contributed by atoms with Gasteiger partial charge in [-0.05, 0) is 42.3 Å². The molecule has 0 fully saturated rings. The van der Waals surface area contributed by atoms with Gasteiger partial charge in [0.15, 0.2) is 16.3 Å². The third kappa shape index (κ3) is 4.07. The minimum absolute atomic E-state index is 0.274. The Hall–Kier alpha value is -3.36. The highest BCUT2D eigenvalue weighted by molar-refractivity contribution is 7.07. The van der Waals surface area contributed by atoms with Crippen molar-refractivity contribution < 1.29 is 19.0 Å². The van der Waals surface area contributed by atoms with E-state index in [9.17, 15) is 9.59 Å². The summed E-state index contributed by atoms with van der Waals surface area (Å²) < 4.78 is 17.6. The summed E-state index contributed by atoms with van der Waals surface area (Å²) >= 11 is 7.72. The molecule has 1 aliphatic heterocycles. The molecule has 1 aliphatic rings. The Kier molecular flexibility index (Phi) is 6.40. The van der Waals surface area contributed by atoms with Crippen LogP contribution in [-0.4, -0.2) is 31.9 Å². The molecular formula is C24H21ClN2O5S. The lowest BCUT2D eigenvalue weighted by atomic mass is 9.96. The third-order valence-corrected chi connectivity index (χ3v) is 6.66. The average Bonchev–Trinajstić information content (AvgIpc) is 3.12. The summed E-state index contributed by atoms with van der Waals surface area (Å²) in [6.45, 7) is 1.72. The number of rotatable bonds is 5. The van der Waals surface area contributed by atoms with Gasteiger partial charge in [0.2, 0.25) is 0 Å². The van der Waals surface area contributed by atoms with E-state index in [1.165, 1.54) is 23.0 Å². The van der Waals surface area contributed by atoms with Crippen molar-refractivity contribution in [1.29, 1.82) is 0 Å². The fourth-order valence-electron chi connectivity index (χ4n) is 3.78. The quantitative estimate of drug-likeness (QED) is 0.520. The molecule has 170 valence electrons. The molecule has 0 unspecified atom stereocenters. The number of thiazole rings is 1. The highest BCUT2D eigenvalue weighted by Crippen LogP contribution is 2.34. The van der Waals surface area contributed by atoms with Gasteiger partial charge >= 0.3 is 5.97 Å². The molecule has 0 amide bonds. The van der Waals surface area contributed by atoms with E-state index in [2.05, 4.69) is 4.99 Å². The number of esters is 1. The Morgan fingerprint density at radius 1 is 1.12 bits per heavy atom. The van der Waals surface area contributed by atoms with Crippen molar-refractivity contribution in [3.05, 3.63) is 89.6 Å². The molecule has 3 aromatic rings. The molecule has 0 radical (unpaired) electrons. The van der Waals surface area contributed by atoms with Crippen LogP contribution >= 0.6 is 22.9 Å². The first kappa shape index (κ1) is 22.8. The standard InChI is InChI=1S/C24H21ClN2O5S/c1-13-20(23(29)32-4)21(15-7-5-6-8-16(15)25)27-22(28)19(33-24(27)26-13)12-14-9-10-17(30-2)18(11-14)31-3/h5-12,21H,1-4H3/b19-12-/t21-/m0/s1. The van der Waals surface area contributed by atoms with Gasteiger partial charge < -0.3 is 14.2 Å². The van der Waals surface area contributed by atoms with Crippen molar-refractivity contribution in [3.63, 3.8) is 0 Å². The van der Waals surface area contributed by atoms with Crippen LogP contribution in [0.3, 0.4) is 0 Å². The van der Waals surface area contributed by atoms with Gasteiger partial charge in [-0.1, -0.05) is 47.2 Å². The maximum Gasteiger partial charge on any atom is 0.338 e. The van der Waals surface area contributed by atoms with Gasteiger partial charge in [-0.15, -0.1) is 0 Å². The lowest BCUT2D eigenvalue weighted by Gasteiger charge is -2.25. The summed E-state index contributed by atoms with van der Waals surface area (Å²) in [5.41, 5.74) is 1.84. The van der Waals surface area contributed by atoms with Crippen molar-refractivity contribution >= 4 is 35.0 Å². The molecule has 0 saturated carbocycles. The van der Waals surface area contributed by atoms with E-state index >= 15 is 0 Å². The number of aromatic nitrogens is 1. The van der Waals surface area contributed by atoms with Crippen molar-refractivity contribution in [1.82, 2.24) is 4.57 Å². The molecular weight excluding hydrogens is 464 g/mol. The van der Waals surface area contributed by atoms with Crippen LogP contribution in [-0.2, 0) is 9.53 Å². The average molecular weight is 485 g/mol. The maximum absolute atomic E-state index is 13.6. The molecule has 0 bridgehead atoms. The maximum atomic E-state index is 13.6. The fourth-order valence-corrected chi connectivity index (χ4v) is 5.06. The number of hydrogen-bond donors (Lipinski definition) is 0. The minimum atomic E-state index is -0.755. The molecule has 4 rings (SSSR count). The van der Waals surface area contributed by atoms with Crippen LogP contribution in [0.15, 0.2) is 63.5 Å². The van der Waals surface area contributed by atoms with Gasteiger partial charge in [0.25, 0.3) is 5.56 Å². The number of benzene rings is 2. The number of carbonyl (C=O) groups is 1. The first-order valence-electron chi connectivity index (χ1n) is 9.97. The number of nitrogens with zero attached hydrogens (tertiary/aromatic N) is 2. The van der Waals surface area contributed by atoms with Gasteiger partial charge in [0.1, 0.15) is 6.04 Å². The molecule has 9 heteroatoms. The van der Waals surface area contributed by atoms with E-state index in [1.54, 1.807) is 57.6 Å². The molecule has 0 N–H and O–H groups in total. The van der Waals surface area contributed by atoms with Crippen LogP contribution < -0.4 is 24.4 Å². The number of hydrogen-bond acceptors (Lipinski definition) is 7. The number of allylic oxidation sites excluding steroid dienone is 1. The van der Waals surface area contributed by atoms with E-state index in [0.717, 1.165) is 5.56 Å². The number of methoxy groups -OCH3 is 3. The van der Waals surface area contributed by atoms with Gasteiger partial charge in [0.05, 0.1) is 37.1 Å². The van der Waals surface area contributed by atoms with E-state index in [1.807, 2.05) is 12.1 Å².